The Labute approximate surface area is 272 Å². The molecule has 244 valence electrons. The molecular formula is C40H58N4O. The number of nitrogens with zero attached hydrogens (tertiary/aromatic N) is 3. The first-order valence-electron chi connectivity index (χ1n) is 17.9. The molecule has 0 radical (unpaired) electrons. The Morgan fingerprint density at radius 2 is 1.38 bits per heavy atom. The summed E-state index contributed by atoms with van der Waals surface area (Å²) in [7, 11) is 0. The molecule has 4 aromatic rings. The van der Waals surface area contributed by atoms with Gasteiger partial charge in [-0.15, -0.1) is 0 Å². The van der Waals surface area contributed by atoms with E-state index in [-0.39, 0.29) is 11.3 Å². The number of imidazole rings is 1. The number of nitrogens with one attached hydrogen (secondary N) is 1. The van der Waals surface area contributed by atoms with Gasteiger partial charge in [-0.25, -0.2) is 4.98 Å². The minimum absolute atomic E-state index is 0.119. The highest BCUT2D eigenvalue weighted by atomic mass is 16.1. The van der Waals surface area contributed by atoms with Gasteiger partial charge in [-0.1, -0.05) is 141 Å². The lowest BCUT2D eigenvalue weighted by Crippen LogP contribution is -2.22. The number of hydrogen-bond acceptors (Lipinski definition) is 3. The van der Waals surface area contributed by atoms with Crippen LogP contribution in [0.1, 0.15) is 141 Å². The van der Waals surface area contributed by atoms with Gasteiger partial charge in [0.2, 0.25) is 5.91 Å². The fourth-order valence-electron chi connectivity index (χ4n) is 6.27. The van der Waals surface area contributed by atoms with Crippen LogP contribution in [0, 0.1) is 5.41 Å². The molecule has 0 atom stereocenters. The lowest BCUT2D eigenvalue weighted by Gasteiger charge is -2.18. The van der Waals surface area contributed by atoms with Gasteiger partial charge in [0.05, 0.1) is 16.7 Å². The summed E-state index contributed by atoms with van der Waals surface area (Å²) in [5, 5.41) is 4.30. The van der Waals surface area contributed by atoms with E-state index >= 15 is 0 Å². The number of rotatable bonds is 19. The number of benzene rings is 2. The monoisotopic (exact) mass is 610 g/mol. The maximum absolute atomic E-state index is 12.5. The van der Waals surface area contributed by atoms with E-state index in [2.05, 4.69) is 93.0 Å². The molecule has 4 rings (SSSR count). The summed E-state index contributed by atoms with van der Waals surface area (Å²) in [6.45, 7) is 12.7. The topological polar surface area (TPSA) is 59.8 Å². The van der Waals surface area contributed by atoms with Crippen molar-refractivity contribution in [1.29, 1.82) is 0 Å². The zero-order chi connectivity index (χ0) is 32.1. The van der Waals surface area contributed by atoms with Crippen LogP contribution in [0.25, 0.3) is 21.9 Å². The molecule has 0 saturated heterocycles. The first-order chi connectivity index (χ1) is 21.8. The van der Waals surface area contributed by atoms with Crippen molar-refractivity contribution in [3.8, 4) is 0 Å². The fourth-order valence-corrected chi connectivity index (χ4v) is 6.27. The summed E-state index contributed by atoms with van der Waals surface area (Å²) in [5.41, 5.74) is 6.89. The molecule has 0 unspecified atom stereocenters. The maximum atomic E-state index is 12.5. The molecule has 0 aliphatic rings. The highest BCUT2D eigenvalue weighted by molar-refractivity contribution is 6.03. The Morgan fingerprint density at radius 3 is 2.04 bits per heavy atom. The van der Waals surface area contributed by atoms with Crippen LogP contribution in [-0.2, 0) is 30.7 Å². The number of fused-ring (bicyclic) bond motifs is 3. The third kappa shape index (κ3) is 10.7. The number of pyridine rings is 1. The fraction of sp³-hybridized carbons (Fsp3) is 0.575. The summed E-state index contributed by atoms with van der Waals surface area (Å²) in [6, 6.07) is 17.2. The van der Waals surface area contributed by atoms with Crippen molar-refractivity contribution in [2.45, 2.75) is 144 Å². The highest BCUT2D eigenvalue weighted by Gasteiger charge is 2.22. The molecule has 1 amide bonds. The molecule has 5 heteroatoms. The van der Waals surface area contributed by atoms with Crippen LogP contribution < -0.4 is 5.32 Å². The molecule has 0 saturated carbocycles. The summed E-state index contributed by atoms with van der Waals surface area (Å²) < 4.78 is 2.43. The van der Waals surface area contributed by atoms with Gasteiger partial charge in [0, 0.05) is 31.3 Å². The molecule has 0 spiro atoms. The average molecular weight is 611 g/mol. The Bertz CT molecular complexity index is 1480. The number of unbranched alkanes of at least 4 members (excludes halogenated alkanes) is 10. The van der Waals surface area contributed by atoms with Crippen molar-refractivity contribution in [1.82, 2.24) is 19.9 Å². The standard InChI is InChI=1S/C40H58N4O/c1-6-8-10-11-12-13-14-15-16-17-23-37(45)41-29-31-24-26-32(27-25-31)30-44-36(22-9-7-2)43-38-35(28-40(3,4)5)42-34-21-19-18-20-33(34)39(38)44/h18-21,24-27H,6-17,22-23,28-30H2,1-5H3,(H,41,45). The molecule has 5 nitrogen and oxygen atoms in total. The average Bonchev–Trinajstić information content (AvgIpc) is 3.38. The predicted octanol–water partition coefficient (Wildman–Crippen LogP) is 10.5. The van der Waals surface area contributed by atoms with Crippen molar-refractivity contribution in [2.75, 3.05) is 0 Å². The normalized spacial score (nSPS) is 11.9. The number of para-hydroxylation sites is 1. The van der Waals surface area contributed by atoms with E-state index < -0.39 is 0 Å². The third-order valence-electron chi connectivity index (χ3n) is 8.80. The molecule has 1 N–H and O–H groups in total. The number of hydrogen-bond donors (Lipinski definition) is 1. The molecule has 2 aromatic heterocycles. The number of amides is 1. The lowest BCUT2D eigenvalue weighted by molar-refractivity contribution is -0.121. The van der Waals surface area contributed by atoms with Gasteiger partial charge in [-0.2, -0.15) is 0 Å². The van der Waals surface area contributed by atoms with Crippen LogP contribution >= 0.6 is 0 Å². The van der Waals surface area contributed by atoms with Crippen molar-refractivity contribution in [3.05, 3.63) is 71.2 Å². The Morgan fingerprint density at radius 1 is 0.756 bits per heavy atom. The second-order valence-electron chi connectivity index (χ2n) is 14.3. The number of aryl methyl sites for hydroxylation is 1. The van der Waals surface area contributed by atoms with E-state index in [0.717, 1.165) is 73.2 Å². The van der Waals surface area contributed by atoms with Crippen molar-refractivity contribution in [3.63, 3.8) is 0 Å². The minimum Gasteiger partial charge on any atom is -0.352 e. The van der Waals surface area contributed by atoms with Crippen LogP contribution in [-0.4, -0.2) is 20.4 Å². The quantitative estimate of drug-likeness (QED) is 0.107. The van der Waals surface area contributed by atoms with Gasteiger partial charge >= 0.3 is 0 Å². The van der Waals surface area contributed by atoms with Gasteiger partial charge in [-0.3, -0.25) is 9.78 Å². The molecule has 2 aromatic carbocycles. The van der Waals surface area contributed by atoms with E-state index in [1.807, 2.05) is 0 Å². The second-order valence-corrected chi connectivity index (χ2v) is 14.3. The number of carbonyl (C=O) groups excluding carboxylic acids is 1. The molecule has 2 heterocycles. The smallest absolute Gasteiger partial charge is 0.220 e. The van der Waals surface area contributed by atoms with Gasteiger partial charge in [0.25, 0.3) is 0 Å². The highest BCUT2D eigenvalue weighted by Crippen LogP contribution is 2.32. The van der Waals surface area contributed by atoms with Crippen LogP contribution in [0.3, 0.4) is 0 Å². The zero-order valence-electron chi connectivity index (χ0n) is 28.9. The van der Waals surface area contributed by atoms with Crippen LogP contribution in [0.2, 0.25) is 0 Å². The van der Waals surface area contributed by atoms with Crippen molar-refractivity contribution >= 4 is 27.8 Å². The second kappa shape index (κ2) is 17.5. The number of aromatic nitrogens is 3. The van der Waals surface area contributed by atoms with Crippen LogP contribution in [0.5, 0.6) is 0 Å². The van der Waals surface area contributed by atoms with E-state index in [4.69, 9.17) is 9.97 Å². The summed E-state index contributed by atoms with van der Waals surface area (Å²) in [5.74, 6) is 1.30. The maximum Gasteiger partial charge on any atom is 0.220 e. The summed E-state index contributed by atoms with van der Waals surface area (Å²) in [4.78, 5) is 22.8. The van der Waals surface area contributed by atoms with Crippen LogP contribution in [0.15, 0.2) is 48.5 Å². The first kappa shape index (κ1) is 34.7. The Kier molecular flexibility index (Phi) is 13.5. The molecule has 0 aliphatic heterocycles. The van der Waals surface area contributed by atoms with Crippen LogP contribution in [0.4, 0.5) is 0 Å². The molecule has 45 heavy (non-hydrogen) atoms. The number of carbonyl (C=O) groups is 1. The van der Waals surface area contributed by atoms with E-state index in [0.29, 0.717) is 13.0 Å². The largest absolute Gasteiger partial charge is 0.352 e. The van der Waals surface area contributed by atoms with E-state index in [9.17, 15) is 4.79 Å². The molecule has 0 fully saturated rings. The molecule has 0 aliphatic carbocycles. The summed E-state index contributed by atoms with van der Waals surface area (Å²) >= 11 is 0. The SMILES string of the molecule is CCCCCCCCCCCCC(=O)NCc1ccc(Cn2c(CCCC)nc3c(CC(C)(C)C)nc4ccccc4c32)cc1. The van der Waals surface area contributed by atoms with Gasteiger partial charge < -0.3 is 9.88 Å². The molecular weight excluding hydrogens is 552 g/mol. The van der Waals surface area contributed by atoms with Gasteiger partial charge in [-0.05, 0) is 41.9 Å². The third-order valence-corrected chi connectivity index (χ3v) is 8.80. The minimum atomic E-state index is 0.119. The Hall–Kier alpha value is -3.21. The summed E-state index contributed by atoms with van der Waals surface area (Å²) in [6.07, 6.45) is 17.6. The van der Waals surface area contributed by atoms with Gasteiger partial charge in [0.15, 0.2) is 0 Å². The van der Waals surface area contributed by atoms with E-state index in [1.165, 1.54) is 67.8 Å². The van der Waals surface area contributed by atoms with Crippen molar-refractivity contribution in [2.24, 2.45) is 5.41 Å². The Balaban J connectivity index is 1.37. The van der Waals surface area contributed by atoms with E-state index in [1.54, 1.807) is 0 Å². The predicted molar refractivity (Wildman–Crippen MR) is 191 cm³/mol. The lowest BCUT2D eigenvalue weighted by atomic mass is 9.89. The first-order valence-corrected chi connectivity index (χ1v) is 17.9. The van der Waals surface area contributed by atoms with Crippen molar-refractivity contribution < 1.29 is 4.79 Å². The molecule has 0 bridgehead atoms. The zero-order valence-corrected chi connectivity index (χ0v) is 28.9. The van der Waals surface area contributed by atoms with Gasteiger partial charge in [0.1, 0.15) is 11.3 Å².